The summed E-state index contributed by atoms with van der Waals surface area (Å²) in [6.45, 7) is 0.906. The Labute approximate surface area is 105 Å². The molecule has 1 N–H and O–H groups in total. The summed E-state index contributed by atoms with van der Waals surface area (Å²) < 4.78 is 0. The predicted molar refractivity (Wildman–Crippen MR) is 66.9 cm³/mol. The van der Waals surface area contributed by atoms with E-state index in [2.05, 4.69) is 5.32 Å². The minimum atomic E-state index is 0.0417. The molecule has 0 saturated heterocycles. The number of hydrogen-bond donors (Lipinski definition) is 1. The van der Waals surface area contributed by atoms with Crippen molar-refractivity contribution in [2.75, 3.05) is 20.6 Å². The van der Waals surface area contributed by atoms with Gasteiger partial charge in [0.25, 0.3) is 0 Å². The Balaban J connectivity index is 2.43. The van der Waals surface area contributed by atoms with Gasteiger partial charge in [-0.2, -0.15) is 0 Å². The van der Waals surface area contributed by atoms with Gasteiger partial charge in [-0.1, -0.05) is 29.3 Å². The molecular formula is C11H14Cl2N2O. The van der Waals surface area contributed by atoms with Gasteiger partial charge < -0.3 is 10.2 Å². The fraction of sp³-hybridized carbons (Fsp3) is 0.364. The molecule has 0 aromatic heterocycles. The third kappa shape index (κ3) is 4.00. The van der Waals surface area contributed by atoms with Crippen molar-refractivity contribution < 1.29 is 4.79 Å². The van der Waals surface area contributed by atoms with E-state index in [1.54, 1.807) is 31.1 Å². The van der Waals surface area contributed by atoms with Gasteiger partial charge in [-0.05, 0) is 17.7 Å². The maximum absolute atomic E-state index is 11.3. The van der Waals surface area contributed by atoms with Gasteiger partial charge in [0.05, 0.1) is 16.6 Å². The number of halogens is 2. The topological polar surface area (TPSA) is 32.3 Å². The molecule has 1 aromatic rings. The molecule has 1 aromatic carbocycles. The molecule has 0 radical (unpaired) electrons. The summed E-state index contributed by atoms with van der Waals surface area (Å²) in [5.74, 6) is 0.0417. The number of benzene rings is 1. The third-order valence-electron chi connectivity index (χ3n) is 2.09. The summed E-state index contributed by atoms with van der Waals surface area (Å²) >= 11 is 11.7. The van der Waals surface area contributed by atoms with E-state index in [-0.39, 0.29) is 5.91 Å². The first-order valence-electron chi connectivity index (χ1n) is 4.85. The molecule has 0 unspecified atom stereocenters. The number of nitrogens with one attached hydrogen (secondary N) is 1. The summed E-state index contributed by atoms with van der Waals surface area (Å²) in [5, 5.41) is 4.10. The van der Waals surface area contributed by atoms with E-state index >= 15 is 0 Å². The Kier molecular flexibility index (Phi) is 5.06. The van der Waals surface area contributed by atoms with Crippen LogP contribution < -0.4 is 5.32 Å². The van der Waals surface area contributed by atoms with Crippen LogP contribution in [0.4, 0.5) is 0 Å². The van der Waals surface area contributed by atoms with Crippen LogP contribution in [0.3, 0.4) is 0 Å². The average molecular weight is 261 g/mol. The second-order valence-electron chi connectivity index (χ2n) is 3.64. The third-order valence-corrected chi connectivity index (χ3v) is 2.83. The predicted octanol–water partition coefficient (Wildman–Crippen LogP) is 2.17. The van der Waals surface area contributed by atoms with Crippen molar-refractivity contribution in [2.45, 2.75) is 6.54 Å². The quantitative estimate of drug-likeness (QED) is 0.900. The van der Waals surface area contributed by atoms with Crippen molar-refractivity contribution in [3.63, 3.8) is 0 Å². The van der Waals surface area contributed by atoms with Crippen LogP contribution in [-0.2, 0) is 11.3 Å². The number of amides is 1. The number of carbonyl (C=O) groups is 1. The van der Waals surface area contributed by atoms with E-state index in [1.165, 1.54) is 0 Å². The van der Waals surface area contributed by atoms with Crippen LogP contribution in [0.1, 0.15) is 5.56 Å². The van der Waals surface area contributed by atoms with Gasteiger partial charge in [-0.15, -0.1) is 0 Å². The Hall–Kier alpha value is -0.770. The molecule has 88 valence electrons. The number of hydrogen-bond acceptors (Lipinski definition) is 2. The number of likely N-dealkylation sites (N-methyl/N-ethyl adjacent to an activating group) is 1. The zero-order valence-corrected chi connectivity index (χ0v) is 10.8. The van der Waals surface area contributed by atoms with Crippen LogP contribution in [0.5, 0.6) is 0 Å². The van der Waals surface area contributed by atoms with Gasteiger partial charge in [0.1, 0.15) is 0 Å². The Morgan fingerprint density at radius 2 is 2.00 bits per heavy atom. The van der Waals surface area contributed by atoms with Crippen molar-refractivity contribution in [3.8, 4) is 0 Å². The summed E-state index contributed by atoms with van der Waals surface area (Å²) in [6.07, 6.45) is 0. The lowest BCUT2D eigenvalue weighted by molar-refractivity contribution is -0.127. The van der Waals surface area contributed by atoms with Crippen molar-refractivity contribution in [1.82, 2.24) is 10.2 Å². The summed E-state index contributed by atoms with van der Waals surface area (Å²) in [5.41, 5.74) is 1.00. The Bertz CT molecular complexity index is 380. The second kappa shape index (κ2) is 6.09. The molecule has 0 fully saturated rings. The fourth-order valence-electron chi connectivity index (χ4n) is 1.12. The molecule has 3 nitrogen and oxygen atoms in total. The smallest absolute Gasteiger partial charge is 0.236 e. The van der Waals surface area contributed by atoms with Crippen molar-refractivity contribution in [2.24, 2.45) is 0 Å². The van der Waals surface area contributed by atoms with Crippen molar-refractivity contribution >= 4 is 29.1 Å². The number of nitrogens with zero attached hydrogens (tertiary/aromatic N) is 1. The first-order chi connectivity index (χ1) is 7.50. The highest BCUT2D eigenvalue weighted by Crippen LogP contribution is 2.22. The van der Waals surface area contributed by atoms with E-state index in [1.807, 2.05) is 6.07 Å². The molecule has 0 saturated carbocycles. The first kappa shape index (κ1) is 13.3. The largest absolute Gasteiger partial charge is 0.348 e. The van der Waals surface area contributed by atoms with Crippen LogP contribution in [0.2, 0.25) is 10.0 Å². The van der Waals surface area contributed by atoms with Crippen LogP contribution in [0.25, 0.3) is 0 Å². The second-order valence-corrected chi connectivity index (χ2v) is 4.45. The Morgan fingerprint density at radius 1 is 1.31 bits per heavy atom. The number of carbonyl (C=O) groups excluding carboxylic acids is 1. The Morgan fingerprint density at radius 3 is 2.56 bits per heavy atom. The first-order valence-corrected chi connectivity index (χ1v) is 5.61. The normalized spacial score (nSPS) is 10.2. The number of rotatable bonds is 4. The lowest BCUT2D eigenvalue weighted by Gasteiger charge is -2.11. The lowest BCUT2D eigenvalue weighted by Crippen LogP contribution is -2.32. The highest BCUT2D eigenvalue weighted by atomic mass is 35.5. The van der Waals surface area contributed by atoms with E-state index in [0.717, 1.165) is 5.56 Å². The molecule has 0 heterocycles. The summed E-state index contributed by atoms with van der Waals surface area (Å²) in [6, 6.07) is 5.41. The fourth-order valence-corrected chi connectivity index (χ4v) is 1.44. The molecule has 0 aliphatic rings. The molecule has 1 rings (SSSR count). The van der Waals surface area contributed by atoms with Gasteiger partial charge in [-0.25, -0.2) is 0 Å². The van der Waals surface area contributed by atoms with Gasteiger partial charge in [0, 0.05) is 20.6 Å². The minimum Gasteiger partial charge on any atom is -0.348 e. The molecule has 0 atom stereocenters. The van der Waals surface area contributed by atoms with Crippen LogP contribution in [0.15, 0.2) is 18.2 Å². The molecule has 0 spiro atoms. The van der Waals surface area contributed by atoms with E-state index < -0.39 is 0 Å². The van der Waals surface area contributed by atoms with Crippen LogP contribution >= 0.6 is 23.2 Å². The average Bonchev–Trinajstić information content (AvgIpc) is 2.23. The molecule has 0 bridgehead atoms. The molecular weight excluding hydrogens is 247 g/mol. The SMILES string of the molecule is CN(C)C(=O)CNCc1ccc(Cl)c(Cl)c1. The van der Waals surface area contributed by atoms with Gasteiger partial charge in [0.15, 0.2) is 0 Å². The van der Waals surface area contributed by atoms with Crippen LogP contribution in [0, 0.1) is 0 Å². The van der Waals surface area contributed by atoms with E-state index in [4.69, 9.17) is 23.2 Å². The monoisotopic (exact) mass is 260 g/mol. The molecule has 5 heteroatoms. The maximum Gasteiger partial charge on any atom is 0.236 e. The standard InChI is InChI=1S/C11H14Cl2N2O/c1-15(2)11(16)7-14-6-8-3-4-9(12)10(13)5-8/h3-5,14H,6-7H2,1-2H3. The minimum absolute atomic E-state index is 0.0417. The molecule has 16 heavy (non-hydrogen) atoms. The van der Waals surface area contributed by atoms with Gasteiger partial charge in [-0.3, -0.25) is 4.79 Å². The highest BCUT2D eigenvalue weighted by Gasteiger charge is 2.03. The van der Waals surface area contributed by atoms with Gasteiger partial charge in [0.2, 0.25) is 5.91 Å². The molecule has 1 amide bonds. The zero-order valence-electron chi connectivity index (χ0n) is 9.26. The van der Waals surface area contributed by atoms with Gasteiger partial charge >= 0.3 is 0 Å². The lowest BCUT2D eigenvalue weighted by atomic mass is 10.2. The van der Waals surface area contributed by atoms with Crippen molar-refractivity contribution in [1.29, 1.82) is 0 Å². The summed E-state index contributed by atoms with van der Waals surface area (Å²) in [7, 11) is 3.45. The van der Waals surface area contributed by atoms with E-state index in [9.17, 15) is 4.79 Å². The summed E-state index contributed by atoms with van der Waals surface area (Å²) in [4.78, 5) is 12.8. The maximum atomic E-state index is 11.3. The molecule has 0 aliphatic carbocycles. The van der Waals surface area contributed by atoms with Crippen LogP contribution in [-0.4, -0.2) is 31.4 Å². The zero-order chi connectivity index (χ0) is 12.1. The highest BCUT2D eigenvalue weighted by molar-refractivity contribution is 6.42. The molecule has 0 aliphatic heterocycles. The van der Waals surface area contributed by atoms with Crippen molar-refractivity contribution in [3.05, 3.63) is 33.8 Å². The van der Waals surface area contributed by atoms with E-state index in [0.29, 0.717) is 23.1 Å².